The number of nitrogens with zero attached hydrogens (tertiary/aromatic N) is 4. The zero-order valence-electron chi connectivity index (χ0n) is 17.0. The minimum absolute atomic E-state index is 0.663. The van der Waals surface area contributed by atoms with Gasteiger partial charge in [-0.3, -0.25) is 4.40 Å². The zero-order valence-corrected chi connectivity index (χ0v) is 17.0. The molecular formula is C23H25N5O. The third-order valence-electron chi connectivity index (χ3n) is 4.83. The van der Waals surface area contributed by atoms with Crippen molar-refractivity contribution >= 4 is 11.5 Å². The van der Waals surface area contributed by atoms with Crippen molar-refractivity contribution in [2.75, 3.05) is 26.5 Å². The number of hydrogen-bond donors (Lipinski definition) is 1. The Morgan fingerprint density at radius 1 is 1.03 bits per heavy atom. The smallest absolute Gasteiger partial charge is 0.180 e. The van der Waals surface area contributed by atoms with Crippen LogP contribution in [-0.4, -0.2) is 40.5 Å². The molecule has 0 saturated carbocycles. The zero-order chi connectivity index (χ0) is 20.2. The van der Waals surface area contributed by atoms with Crippen LogP contribution in [0.1, 0.15) is 11.1 Å². The summed E-state index contributed by atoms with van der Waals surface area (Å²) < 4.78 is 7.31. The number of fused-ring (bicyclic) bond motifs is 1. The molecule has 6 nitrogen and oxygen atoms in total. The average Bonchev–Trinajstić information content (AvgIpc) is 3.23. The molecule has 2 aromatic carbocycles. The summed E-state index contributed by atoms with van der Waals surface area (Å²) in [6, 6.07) is 16.4. The Morgan fingerprint density at radius 3 is 2.59 bits per heavy atom. The van der Waals surface area contributed by atoms with Crippen LogP contribution in [0.3, 0.4) is 0 Å². The van der Waals surface area contributed by atoms with Gasteiger partial charge in [-0.25, -0.2) is 9.97 Å². The van der Waals surface area contributed by atoms with Gasteiger partial charge in [0.2, 0.25) is 0 Å². The number of anilines is 1. The van der Waals surface area contributed by atoms with E-state index in [0.29, 0.717) is 6.54 Å². The van der Waals surface area contributed by atoms with Gasteiger partial charge < -0.3 is 15.0 Å². The summed E-state index contributed by atoms with van der Waals surface area (Å²) in [4.78, 5) is 11.4. The quantitative estimate of drug-likeness (QED) is 0.518. The van der Waals surface area contributed by atoms with Gasteiger partial charge in [0.25, 0.3) is 0 Å². The minimum Gasteiger partial charge on any atom is -0.497 e. The number of aromatic nitrogens is 3. The molecule has 4 aromatic rings. The fourth-order valence-corrected chi connectivity index (χ4v) is 3.42. The lowest BCUT2D eigenvalue weighted by molar-refractivity contribution is 0.403. The van der Waals surface area contributed by atoms with Crippen molar-refractivity contribution in [1.29, 1.82) is 0 Å². The molecule has 0 atom stereocenters. The molecule has 2 aromatic heterocycles. The molecule has 0 spiro atoms. The summed E-state index contributed by atoms with van der Waals surface area (Å²) in [6.07, 6.45) is 5.71. The van der Waals surface area contributed by atoms with Gasteiger partial charge in [0.15, 0.2) is 11.5 Å². The van der Waals surface area contributed by atoms with Crippen LogP contribution in [0.15, 0.2) is 67.1 Å². The average molecular weight is 387 g/mol. The van der Waals surface area contributed by atoms with E-state index in [1.165, 1.54) is 11.1 Å². The molecule has 0 bridgehead atoms. The minimum atomic E-state index is 0.663. The molecule has 0 unspecified atom stereocenters. The second kappa shape index (κ2) is 8.32. The molecule has 0 amide bonds. The Kier molecular flexibility index (Phi) is 5.44. The van der Waals surface area contributed by atoms with Gasteiger partial charge in [0.05, 0.1) is 19.0 Å². The first-order valence-corrected chi connectivity index (χ1v) is 9.57. The molecule has 2 heterocycles. The van der Waals surface area contributed by atoms with Crippen LogP contribution in [-0.2, 0) is 13.1 Å². The first-order valence-electron chi connectivity index (χ1n) is 9.57. The molecule has 6 heteroatoms. The standard InChI is InChI=1S/C23H25N5O/c1-27(2)16-18-6-4-5-7-20(18)21-15-26-22(23-24-12-13-28(21)23)25-14-17-8-10-19(29-3)11-9-17/h4-13,15H,14,16H2,1-3H3,(H,25,26). The molecule has 4 rings (SSSR count). The highest BCUT2D eigenvalue weighted by molar-refractivity contribution is 5.72. The van der Waals surface area contributed by atoms with Crippen molar-refractivity contribution in [1.82, 2.24) is 19.3 Å². The Labute approximate surface area is 170 Å². The highest BCUT2D eigenvalue weighted by atomic mass is 16.5. The third kappa shape index (κ3) is 4.07. The van der Waals surface area contributed by atoms with Crippen LogP contribution in [0.2, 0.25) is 0 Å². The van der Waals surface area contributed by atoms with Gasteiger partial charge in [0, 0.05) is 31.0 Å². The van der Waals surface area contributed by atoms with Crippen molar-refractivity contribution in [3.63, 3.8) is 0 Å². The highest BCUT2D eigenvalue weighted by Gasteiger charge is 2.13. The van der Waals surface area contributed by atoms with Gasteiger partial charge in [-0.2, -0.15) is 0 Å². The molecule has 0 aliphatic carbocycles. The maximum Gasteiger partial charge on any atom is 0.180 e. The van der Waals surface area contributed by atoms with Gasteiger partial charge in [0.1, 0.15) is 5.75 Å². The summed E-state index contributed by atoms with van der Waals surface area (Å²) in [5, 5.41) is 3.41. The van der Waals surface area contributed by atoms with Crippen LogP contribution in [0.5, 0.6) is 5.75 Å². The van der Waals surface area contributed by atoms with Crippen LogP contribution in [0, 0.1) is 0 Å². The van der Waals surface area contributed by atoms with E-state index in [9.17, 15) is 0 Å². The van der Waals surface area contributed by atoms with Crippen LogP contribution < -0.4 is 10.1 Å². The monoisotopic (exact) mass is 387 g/mol. The van der Waals surface area contributed by atoms with E-state index < -0.39 is 0 Å². The van der Waals surface area contributed by atoms with E-state index in [4.69, 9.17) is 9.72 Å². The van der Waals surface area contributed by atoms with E-state index in [-0.39, 0.29) is 0 Å². The number of hydrogen-bond acceptors (Lipinski definition) is 5. The van der Waals surface area contributed by atoms with Gasteiger partial charge >= 0.3 is 0 Å². The third-order valence-corrected chi connectivity index (χ3v) is 4.83. The van der Waals surface area contributed by atoms with E-state index in [0.717, 1.165) is 35.0 Å². The van der Waals surface area contributed by atoms with Crippen molar-refractivity contribution < 1.29 is 4.74 Å². The fraction of sp³-hybridized carbons (Fsp3) is 0.217. The van der Waals surface area contributed by atoms with Crippen molar-refractivity contribution in [2.24, 2.45) is 0 Å². The number of ether oxygens (including phenoxy) is 1. The van der Waals surface area contributed by atoms with E-state index >= 15 is 0 Å². The topological polar surface area (TPSA) is 54.7 Å². The maximum atomic E-state index is 5.22. The van der Waals surface area contributed by atoms with Crippen molar-refractivity contribution in [2.45, 2.75) is 13.1 Å². The number of rotatable bonds is 7. The van der Waals surface area contributed by atoms with Crippen LogP contribution >= 0.6 is 0 Å². The molecular weight excluding hydrogens is 362 g/mol. The Bertz CT molecular complexity index is 1100. The number of imidazole rings is 1. The lowest BCUT2D eigenvalue weighted by atomic mass is 10.0. The van der Waals surface area contributed by atoms with E-state index in [1.807, 2.05) is 42.9 Å². The molecule has 0 aliphatic rings. The number of methoxy groups -OCH3 is 1. The van der Waals surface area contributed by atoms with Gasteiger partial charge in [-0.1, -0.05) is 36.4 Å². The lowest BCUT2D eigenvalue weighted by Gasteiger charge is -2.16. The summed E-state index contributed by atoms with van der Waals surface area (Å²) >= 11 is 0. The van der Waals surface area contributed by atoms with Crippen LogP contribution in [0.4, 0.5) is 5.82 Å². The Morgan fingerprint density at radius 2 is 1.83 bits per heavy atom. The fourth-order valence-electron chi connectivity index (χ4n) is 3.42. The Hall–Kier alpha value is -3.38. The second-order valence-corrected chi connectivity index (χ2v) is 7.21. The highest BCUT2D eigenvalue weighted by Crippen LogP contribution is 2.27. The summed E-state index contributed by atoms with van der Waals surface area (Å²) in [6.45, 7) is 1.53. The molecule has 0 radical (unpaired) electrons. The van der Waals surface area contributed by atoms with E-state index in [1.54, 1.807) is 7.11 Å². The largest absolute Gasteiger partial charge is 0.497 e. The molecule has 29 heavy (non-hydrogen) atoms. The molecule has 148 valence electrons. The van der Waals surface area contributed by atoms with E-state index in [2.05, 4.69) is 58.0 Å². The molecule has 0 fully saturated rings. The first kappa shape index (κ1) is 19.0. The predicted octanol–water partition coefficient (Wildman–Crippen LogP) is 4.08. The summed E-state index contributed by atoms with van der Waals surface area (Å²) in [7, 11) is 5.83. The number of benzene rings is 2. The maximum absolute atomic E-state index is 5.22. The predicted molar refractivity (Wildman–Crippen MR) is 116 cm³/mol. The SMILES string of the molecule is COc1ccc(CNc2ncc(-c3ccccc3CN(C)C)n3ccnc23)cc1. The van der Waals surface area contributed by atoms with Gasteiger partial charge in [-0.15, -0.1) is 0 Å². The second-order valence-electron chi connectivity index (χ2n) is 7.21. The first-order chi connectivity index (χ1) is 14.2. The summed E-state index contributed by atoms with van der Waals surface area (Å²) in [5.74, 6) is 1.61. The normalized spacial score (nSPS) is 11.2. The lowest BCUT2D eigenvalue weighted by Crippen LogP contribution is -2.12. The molecule has 1 N–H and O–H groups in total. The summed E-state index contributed by atoms with van der Waals surface area (Å²) in [5.41, 5.74) is 5.42. The van der Waals surface area contributed by atoms with Gasteiger partial charge in [-0.05, 0) is 37.4 Å². The van der Waals surface area contributed by atoms with Crippen molar-refractivity contribution in [3.05, 3.63) is 78.2 Å². The molecule has 0 saturated heterocycles. The van der Waals surface area contributed by atoms with Crippen LogP contribution in [0.25, 0.3) is 16.9 Å². The van der Waals surface area contributed by atoms with Crippen molar-refractivity contribution in [3.8, 4) is 17.0 Å². The molecule has 0 aliphatic heterocycles. The Balaban J connectivity index is 1.64. The number of nitrogens with one attached hydrogen (secondary N) is 1.